The largest absolute Gasteiger partial charge is 0.288 e. The molecule has 1 heterocycles. The van der Waals surface area contributed by atoms with Crippen molar-refractivity contribution >= 4 is 21.6 Å². The number of alkyl halides is 1. The minimum Gasteiger partial charge on any atom is -0.288 e. The summed E-state index contributed by atoms with van der Waals surface area (Å²) in [6.07, 6.45) is 1.08. The fourth-order valence-corrected chi connectivity index (χ4v) is 2.53. The highest BCUT2D eigenvalue weighted by Crippen LogP contribution is 2.28. The lowest BCUT2D eigenvalue weighted by atomic mass is 9.81. The van der Waals surface area contributed by atoms with Gasteiger partial charge in [-0.05, 0) is 23.1 Å². The van der Waals surface area contributed by atoms with E-state index in [1.54, 1.807) is 0 Å². The summed E-state index contributed by atoms with van der Waals surface area (Å²) < 4.78 is 0. The second-order valence-electron chi connectivity index (χ2n) is 5.36. The predicted octanol–water partition coefficient (Wildman–Crippen LogP) is 3.97. The third-order valence-electron chi connectivity index (χ3n) is 2.94. The molecule has 1 nitrogen and oxygen atoms in total. The maximum atomic E-state index is 4.70. The van der Waals surface area contributed by atoms with Gasteiger partial charge < -0.3 is 0 Å². The molecular weight excluding hydrogens is 262 g/mol. The van der Waals surface area contributed by atoms with Crippen molar-refractivity contribution < 1.29 is 0 Å². The lowest BCUT2D eigenvalue weighted by Crippen LogP contribution is -2.26. The van der Waals surface area contributed by atoms with Gasteiger partial charge in [0, 0.05) is 23.0 Å². The van der Waals surface area contributed by atoms with E-state index in [0.29, 0.717) is 0 Å². The Morgan fingerprint density at radius 1 is 1.31 bits per heavy atom. The van der Waals surface area contributed by atoms with Crippen LogP contribution in [0.5, 0.6) is 0 Å². The minimum atomic E-state index is 0.144. The summed E-state index contributed by atoms with van der Waals surface area (Å²) >= 11 is 3.51. The van der Waals surface area contributed by atoms with Crippen molar-refractivity contribution in [3.63, 3.8) is 0 Å². The Labute approximate surface area is 106 Å². The number of fused-ring (bicyclic) bond motifs is 1. The summed E-state index contributed by atoms with van der Waals surface area (Å²) in [4.78, 5) is 4.70. The van der Waals surface area contributed by atoms with E-state index < -0.39 is 0 Å². The summed E-state index contributed by atoms with van der Waals surface area (Å²) in [7, 11) is 0. The van der Waals surface area contributed by atoms with Gasteiger partial charge in [0.15, 0.2) is 0 Å². The van der Waals surface area contributed by atoms with Crippen LogP contribution in [0.15, 0.2) is 23.2 Å². The molecule has 0 spiro atoms. The topological polar surface area (TPSA) is 12.4 Å². The summed E-state index contributed by atoms with van der Waals surface area (Å²) in [5.41, 5.74) is 5.56. The van der Waals surface area contributed by atoms with Gasteiger partial charge in [-0.15, -0.1) is 0 Å². The average molecular weight is 280 g/mol. The van der Waals surface area contributed by atoms with Crippen LogP contribution in [0.25, 0.3) is 0 Å². The molecule has 16 heavy (non-hydrogen) atoms. The van der Waals surface area contributed by atoms with Crippen LogP contribution < -0.4 is 0 Å². The third-order valence-corrected chi connectivity index (χ3v) is 3.59. The number of benzene rings is 1. The van der Waals surface area contributed by atoms with Crippen molar-refractivity contribution in [2.45, 2.75) is 32.5 Å². The minimum absolute atomic E-state index is 0.144. The first-order chi connectivity index (χ1) is 7.52. The van der Waals surface area contributed by atoms with Crippen LogP contribution in [0.4, 0.5) is 0 Å². The molecule has 0 radical (unpaired) electrons. The van der Waals surface area contributed by atoms with E-state index in [-0.39, 0.29) is 5.41 Å². The molecular formula is C14H18BrN. The Hall–Kier alpha value is -0.630. The van der Waals surface area contributed by atoms with Crippen molar-refractivity contribution in [2.24, 2.45) is 10.4 Å². The molecule has 0 atom stereocenters. The van der Waals surface area contributed by atoms with Crippen molar-refractivity contribution in [3.8, 4) is 0 Å². The van der Waals surface area contributed by atoms with Crippen LogP contribution in [0.2, 0.25) is 0 Å². The lowest BCUT2D eigenvalue weighted by Gasteiger charge is -2.27. The van der Waals surface area contributed by atoms with E-state index >= 15 is 0 Å². The van der Waals surface area contributed by atoms with Crippen LogP contribution in [0.1, 0.15) is 37.5 Å². The van der Waals surface area contributed by atoms with Crippen LogP contribution in [-0.2, 0) is 11.8 Å². The summed E-state index contributed by atoms with van der Waals surface area (Å²) in [5, 5.41) is 0.933. The van der Waals surface area contributed by atoms with Crippen LogP contribution in [-0.4, -0.2) is 12.3 Å². The Morgan fingerprint density at radius 2 is 2.06 bits per heavy atom. The van der Waals surface area contributed by atoms with Crippen LogP contribution in [0.3, 0.4) is 0 Å². The maximum Gasteiger partial charge on any atom is 0.0476 e. The van der Waals surface area contributed by atoms with Gasteiger partial charge in [0.2, 0.25) is 0 Å². The Bertz CT molecular complexity index is 427. The monoisotopic (exact) mass is 279 g/mol. The van der Waals surface area contributed by atoms with E-state index in [1.165, 1.54) is 22.4 Å². The zero-order valence-electron chi connectivity index (χ0n) is 10.2. The second-order valence-corrected chi connectivity index (χ2v) is 5.92. The molecule has 0 N–H and O–H groups in total. The normalized spacial score (nSPS) is 15.6. The van der Waals surface area contributed by atoms with Gasteiger partial charge in [-0.1, -0.05) is 54.9 Å². The van der Waals surface area contributed by atoms with Crippen LogP contribution in [0, 0.1) is 5.41 Å². The standard InChI is InChI=1S/C14H18BrN/c1-14(2,3)13-12-5-4-10(9-15)8-11(12)6-7-16-13/h4-5,8H,6-7,9H2,1-3H3. The first-order valence-corrected chi connectivity index (χ1v) is 6.87. The van der Waals surface area contributed by atoms with Gasteiger partial charge in [-0.2, -0.15) is 0 Å². The molecule has 1 aromatic carbocycles. The molecule has 0 amide bonds. The highest BCUT2D eigenvalue weighted by Gasteiger charge is 2.24. The third kappa shape index (κ3) is 2.22. The Kier molecular flexibility index (Phi) is 3.20. The van der Waals surface area contributed by atoms with Crippen molar-refractivity contribution in [2.75, 3.05) is 6.54 Å². The Morgan fingerprint density at radius 3 is 2.69 bits per heavy atom. The van der Waals surface area contributed by atoms with Gasteiger partial charge >= 0.3 is 0 Å². The number of hydrogen-bond donors (Lipinski definition) is 0. The molecule has 0 saturated heterocycles. The number of halogens is 1. The van der Waals surface area contributed by atoms with E-state index in [9.17, 15) is 0 Å². The molecule has 0 aromatic heterocycles. The summed E-state index contributed by atoms with van der Waals surface area (Å²) in [6, 6.07) is 6.74. The molecule has 0 fully saturated rings. The smallest absolute Gasteiger partial charge is 0.0476 e. The van der Waals surface area contributed by atoms with Gasteiger partial charge in [0.05, 0.1) is 0 Å². The van der Waals surface area contributed by atoms with Gasteiger partial charge in [-0.25, -0.2) is 0 Å². The van der Waals surface area contributed by atoms with Crippen molar-refractivity contribution in [3.05, 3.63) is 34.9 Å². The molecule has 0 saturated carbocycles. The van der Waals surface area contributed by atoms with E-state index in [0.717, 1.165) is 18.3 Å². The highest BCUT2D eigenvalue weighted by molar-refractivity contribution is 9.08. The van der Waals surface area contributed by atoms with Crippen LogP contribution >= 0.6 is 15.9 Å². The lowest BCUT2D eigenvalue weighted by molar-refractivity contribution is 0.585. The molecule has 0 aliphatic carbocycles. The number of nitrogens with zero attached hydrogens (tertiary/aromatic N) is 1. The first kappa shape index (κ1) is 11.8. The Balaban J connectivity index is 2.47. The van der Waals surface area contributed by atoms with E-state index in [4.69, 9.17) is 4.99 Å². The summed E-state index contributed by atoms with van der Waals surface area (Å²) in [5.74, 6) is 0. The molecule has 1 aromatic rings. The highest BCUT2D eigenvalue weighted by atomic mass is 79.9. The molecule has 1 aliphatic heterocycles. The molecule has 1 aliphatic rings. The predicted molar refractivity (Wildman–Crippen MR) is 73.6 cm³/mol. The fraction of sp³-hybridized carbons (Fsp3) is 0.500. The first-order valence-electron chi connectivity index (χ1n) is 5.75. The number of aliphatic imine (C=N–C) groups is 1. The van der Waals surface area contributed by atoms with Gasteiger partial charge in [0.25, 0.3) is 0 Å². The van der Waals surface area contributed by atoms with Gasteiger partial charge in [0.1, 0.15) is 0 Å². The number of rotatable bonds is 1. The summed E-state index contributed by atoms with van der Waals surface area (Å²) in [6.45, 7) is 7.64. The average Bonchev–Trinajstić information content (AvgIpc) is 2.26. The van der Waals surface area contributed by atoms with E-state index in [2.05, 4.69) is 54.9 Å². The van der Waals surface area contributed by atoms with Crippen molar-refractivity contribution in [1.29, 1.82) is 0 Å². The molecule has 2 heteroatoms. The van der Waals surface area contributed by atoms with Gasteiger partial charge in [-0.3, -0.25) is 4.99 Å². The fourth-order valence-electron chi connectivity index (χ4n) is 2.18. The zero-order valence-corrected chi connectivity index (χ0v) is 11.8. The SMILES string of the molecule is CC(C)(C)C1=NCCc2cc(CBr)ccc21. The second kappa shape index (κ2) is 4.33. The molecule has 2 rings (SSSR count). The molecule has 86 valence electrons. The maximum absolute atomic E-state index is 4.70. The quantitative estimate of drug-likeness (QED) is 0.690. The van der Waals surface area contributed by atoms with E-state index in [1.807, 2.05) is 0 Å². The zero-order chi connectivity index (χ0) is 11.8. The molecule has 0 unspecified atom stereocenters. The number of hydrogen-bond acceptors (Lipinski definition) is 1. The van der Waals surface area contributed by atoms with Crippen molar-refractivity contribution in [1.82, 2.24) is 0 Å². The molecule has 0 bridgehead atoms.